The highest BCUT2D eigenvalue weighted by Crippen LogP contribution is 2.34. The predicted octanol–water partition coefficient (Wildman–Crippen LogP) is 3.01. The van der Waals surface area contributed by atoms with Crippen molar-refractivity contribution in [3.05, 3.63) is 35.6 Å². The molecule has 1 heterocycles. The number of rotatable bonds is 6. The minimum Gasteiger partial charge on any atom is -0.479 e. The monoisotopic (exact) mass is 264 g/mol. The molecule has 1 rings (SSSR count). The molecule has 0 fully saturated rings. The van der Waals surface area contributed by atoms with Crippen LogP contribution in [0.15, 0.2) is 35.6 Å². The van der Waals surface area contributed by atoms with E-state index in [1.807, 2.05) is 26.0 Å². The molecule has 0 aromatic carbocycles. The van der Waals surface area contributed by atoms with Gasteiger partial charge in [-0.1, -0.05) is 32.1 Å². The van der Waals surface area contributed by atoms with Gasteiger partial charge < -0.3 is 9.84 Å². The average Bonchev–Trinajstić information content (AvgIpc) is 2.58. The van der Waals surface area contributed by atoms with Crippen molar-refractivity contribution in [1.82, 2.24) is 0 Å². The van der Waals surface area contributed by atoms with Crippen molar-refractivity contribution in [3.8, 4) is 0 Å². The Morgan fingerprint density at radius 3 is 2.58 bits per heavy atom. The maximum absolute atomic E-state index is 12.2. The lowest BCUT2D eigenvalue weighted by atomic mass is 9.96. The Kier molecular flexibility index (Phi) is 5.10. The molecule has 0 unspecified atom stereocenters. The molecule has 19 heavy (non-hydrogen) atoms. The van der Waals surface area contributed by atoms with E-state index >= 15 is 0 Å². The lowest BCUT2D eigenvalue weighted by molar-refractivity contribution is -0.135. The first-order valence-electron chi connectivity index (χ1n) is 6.50. The highest BCUT2D eigenvalue weighted by molar-refractivity contribution is 6.22. The molecule has 0 saturated heterocycles. The molecule has 1 aliphatic heterocycles. The van der Waals surface area contributed by atoms with Gasteiger partial charge >= 0.3 is 5.97 Å². The fourth-order valence-electron chi connectivity index (χ4n) is 1.91. The smallest absolute Gasteiger partial charge is 0.342 e. The maximum Gasteiger partial charge on any atom is 0.342 e. The number of allylic oxidation sites excluding steroid dienone is 4. The summed E-state index contributed by atoms with van der Waals surface area (Å²) in [6.07, 6.45) is 9.17. The van der Waals surface area contributed by atoms with Crippen LogP contribution >= 0.6 is 0 Å². The second-order valence-corrected chi connectivity index (χ2v) is 4.59. The topological polar surface area (TPSA) is 63.6 Å². The molecule has 1 aliphatic rings. The van der Waals surface area contributed by atoms with E-state index in [-0.39, 0.29) is 11.3 Å². The SMILES string of the molecule is CC/C=C/C=C/[C@@]1(C)OC(CCC)=C(C(=O)O)C1=O. The van der Waals surface area contributed by atoms with E-state index < -0.39 is 17.4 Å². The summed E-state index contributed by atoms with van der Waals surface area (Å²) in [5.41, 5.74) is -1.41. The third-order valence-electron chi connectivity index (χ3n) is 2.88. The van der Waals surface area contributed by atoms with E-state index in [9.17, 15) is 9.59 Å². The largest absolute Gasteiger partial charge is 0.479 e. The van der Waals surface area contributed by atoms with Crippen LogP contribution in [0, 0.1) is 0 Å². The van der Waals surface area contributed by atoms with Gasteiger partial charge in [0.2, 0.25) is 5.78 Å². The van der Waals surface area contributed by atoms with E-state index in [0.717, 1.165) is 12.8 Å². The van der Waals surface area contributed by atoms with Gasteiger partial charge in [-0.25, -0.2) is 4.79 Å². The normalized spacial score (nSPS) is 23.6. The highest BCUT2D eigenvalue weighted by Gasteiger charge is 2.46. The highest BCUT2D eigenvalue weighted by atomic mass is 16.5. The second-order valence-electron chi connectivity index (χ2n) is 4.59. The van der Waals surface area contributed by atoms with Gasteiger partial charge in [0, 0.05) is 6.42 Å². The Hall–Kier alpha value is -1.84. The van der Waals surface area contributed by atoms with Crippen LogP contribution < -0.4 is 0 Å². The quantitative estimate of drug-likeness (QED) is 0.591. The van der Waals surface area contributed by atoms with Crippen LogP contribution in [0.1, 0.15) is 40.0 Å². The minimum absolute atomic E-state index is 0.214. The van der Waals surface area contributed by atoms with Gasteiger partial charge in [-0.3, -0.25) is 4.79 Å². The first kappa shape index (κ1) is 15.2. The van der Waals surface area contributed by atoms with Gasteiger partial charge in [0.1, 0.15) is 11.3 Å². The third-order valence-corrected chi connectivity index (χ3v) is 2.88. The number of hydrogen-bond donors (Lipinski definition) is 1. The second kappa shape index (κ2) is 6.36. The molecule has 0 amide bonds. The van der Waals surface area contributed by atoms with Crippen molar-refractivity contribution in [2.45, 2.75) is 45.6 Å². The number of ether oxygens (including phenoxy) is 1. The van der Waals surface area contributed by atoms with E-state index in [0.29, 0.717) is 6.42 Å². The van der Waals surface area contributed by atoms with Gasteiger partial charge in [-0.05, 0) is 25.8 Å². The lowest BCUT2D eigenvalue weighted by Crippen LogP contribution is -2.32. The third kappa shape index (κ3) is 3.34. The lowest BCUT2D eigenvalue weighted by Gasteiger charge is -2.19. The molecule has 0 aromatic heterocycles. The van der Waals surface area contributed by atoms with Crippen LogP contribution in [-0.2, 0) is 14.3 Å². The Balaban J connectivity index is 2.99. The molecular formula is C15H20O4. The van der Waals surface area contributed by atoms with Crippen LogP contribution in [-0.4, -0.2) is 22.5 Å². The number of hydrogen-bond acceptors (Lipinski definition) is 3. The number of Topliss-reactive ketones (excluding diaryl/α,β-unsaturated/α-hetero) is 1. The molecule has 4 nitrogen and oxygen atoms in total. The summed E-state index contributed by atoms with van der Waals surface area (Å²) in [4.78, 5) is 23.3. The molecule has 0 bridgehead atoms. The molecule has 0 aliphatic carbocycles. The van der Waals surface area contributed by atoms with Gasteiger partial charge in [0.05, 0.1) is 0 Å². The molecule has 104 valence electrons. The van der Waals surface area contributed by atoms with E-state index in [2.05, 4.69) is 0 Å². The Morgan fingerprint density at radius 1 is 1.37 bits per heavy atom. The van der Waals surface area contributed by atoms with Crippen LogP contribution in [0.2, 0.25) is 0 Å². The first-order valence-corrected chi connectivity index (χ1v) is 6.50. The maximum atomic E-state index is 12.2. The summed E-state index contributed by atoms with van der Waals surface area (Å²) in [7, 11) is 0. The number of carboxylic acids is 1. The van der Waals surface area contributed by atoms with Crippen molar-refractivity contribution in [1.29, 1.82) is 0 Å². The Morgan fingerprint density at radius 2 is 2.05 bits per heavy atom. The standard InChI is InChI=1S/C15H20O4/c1-4-6-7-8-10-15(3)13(16)12(14(17)18)11(19-15)9-5-2/h6-8,10H,4-5,9H2,1-3H3,(H,17,18)/b7-6+,10-8+/t15-/m1/s1. The predicted molar refractivity (Wildman–Crippen MR) is 72.6 cm³/mol. The van der Waals surface area contributed by atoms with Crippen LogP contribution in [0.4, 0.5) is 0 Å². The summed E-state index contributed by atoms with van der Waals surface area (Å²) in [6.45, 7) is 5.51. The van der Waals surface area contributed by atoms with Crippen LogP contribution in [0.25, 0.3) is 0 Å². The zero-order valence-corrected chi connectivity index (χ0v) is 11.6. The Labute approximate surface area is 113 Å². The first-order chi connectivity index (χ1) is 8.96. The van der Waals surface area contributed by atoms with E-state index in [1.165, 1.54) is 0 Å². The van der Waals surface area contributed by atoms with Gasteiger partial charge in [0.25, 0.3) is 0 Å². The molecule has 1 atom stereocenters. The number of carbonyl (C=O) groups is 2. The van der Waals surface area contributed by atoms with Crippen molar-refractivity contribution in [2.24, 2.45) is 0 Å². The number of carboxylic acid groups (broad SMARTS) is 1. The number of aliphatic carboxylic acids is 1. The van der Waals surface area contributed by atoms with Crippen molar-refractivity contribution in [2.75, 3.05) is 0 Å². The zero-order valence-electron chi connectivity index (χ0n) is 11.6. The van der Waals surface area contributed by atoms with Crippen molar-refractivity contribution in [3.63, 3.8) is 0 Å². The molecule has 0 saturated carbocycles. The molecular weight excluding hydrogens is 244 g/mol. The fraction of sp³-hybridized carbons (Fsp3) is 0.467. The van der Waals surface area contributed by atoms with Crippen LogP contribution in [0.5, 0.6) is 0 Å². The molecule has 0 radical (unpaired) electrons. The molecule has 1 N–H and O–H groups in total. The summed E-state index contributed by atoms with van der Waals surface area (Å²) < 4.78 is 5.58. The zero-order chi connectivity index (χ0) is 14.5. The molecule has 0 spiro atoms. The summed E-state index contributed by atoms with van der Waals surface area (Å²) in [6, 6.07) is 0. The summed E-state index contributed by atoms with van der Waals surface area (Å²) in [5.74, 6) is -1.41. The van der Waals surface area contributed by atoms with Gasteiger partial charge in [-0.15, -0.1) is 0 Å². The van der Waals surface area contributed by atoms with Gasteiger partial charge in [0.15, 0.2) is 5.60 Å². The van der Waals surface area contributed by atoms with Crippen molar-refractivity contribution >= 4 is 11.8 Å². The molecule has 0 aromatic rings. The van der Waals surface area contributed by atoms with E-state index in [4.69, 9.17) is 9.84 Å². The van der Waals surface area contributed by atoms with Gasteiger partial charge in [-0.2, -0.15) is 0 Å². The summed E-state index contributed by atoms with van der Waals surface area (Å²) >= 11 is 0. The average molecular weight is 264 g/mol. The molecule has 4 heteroatoms. The summed E-state index contributed by atoms with van der Waals surface area (Å²) in [5, 5.41) is 9.13. The van der Waals surface area contributed by atoms with E-state index in [1.54, 1.807) is 19.1 Å². The van der Waals surface area contributed by atoms with Crippen molar-refractivity contribution < 1.29 is 19.4 Å². The number of carbonyl (C=O) groups excluding carboxylic acids is 1. The van der Waals surface area contributed by atoms with Crippen LogP contribution in [0.3, 0.4) is 0 Å². The fourth-order valence-corrected chi connectivity index (χ4v) is 1.91. The minimum atomic E-state index is -1.21. The Bertz CT molecular complexity index is 457. The number of ketones is 1.